The second kappa shape index (κ2) is 16.5. The predicted octanol–water partition coefficient (Wildman–Crippen LogP) is 5.32. The van der Waals surface area contributed by atoms with Gasteiger partial charge >= 0.3 is 13.7 Å². The molecular formula is C31H45N4O7P. The first kappa shape index (κ1) is 34.2. The van der Waals surface area contributed by atoms with Crippen LogP contribution in [0.1, 0.15) is 69.4 Å². The summed E-state index contributed by atoms with van der Waals surface area (Å²) in [6, 6.07) is 12.0. The molecule has 12 heteroatoms. The SMILES string of the molecule is CCCCOC(=O)N1CCN(C(=O)C(CP(=O)(OCC)OCC)NC(=O)c2cc(C(C)C)cc(-c3ccccc3)n2)CC1. The maximum Gasteiger partial charge on any atom is 0.409 e. The Labute approximate surface area is 254 Å². The largest absolute Gasteiger partial charge is 0.449 e. The molecule has 1 unspecified atom stereocenters. The van der Waals surface area contributed by atoms with Crippen LogP contribution in [0.3, 0.4) is 0 Å². The number of carbonyl (C=O) groups is 3. The third-order valence-corrected chi connectivity index (χ3v) is 9.17. The van der Waals surface area contributed by atoms with Crippen LogP contribution in [0, 0.1) is 0 Å². The van der Waals surface area contributed by atoms with Gasteiger partial charge in [0.1, 0.15) is 11.7 Å². The number of amides is 3. The molecular weight excluding hydrogens is 571 g/mol. The second-order valence-corrected chi connectivity index (χ2v) is 12.7. The van der Waals surface area contributed by atoms with Crippen LogP contribution in [0.4, 0.5) is 4.79 Å². The maximum absolute atomic E-state index is 13.8. The first-order valence-electron chi connectivity index (χ1n) is 15.1. The van der Waals surface area contributed by atoms with Gasteiger partial charge in [0.25, 0.3) is 5.91 Å². The van der Waals surface area contributed by atoms with E-state index in [0.29, 0.717) is 12.3 Å². The predicted molar refractivity (Wildman–Crippen MR) is 165 cm³/mol. The number of carbonyl (C=O) groups excluding carboxylic acids is 3. The van der Waals surface area contributed by atoms with Crippen LogP contribution in [-0.2, 0) is 23.1 Å². The molecule has 3 amide bonds. The van der Waals surface area contributed by atoms with Crippen molar-refractivity contribution in [2.75, 3.05) is 52.2 Å². The van der Waals surface area contributed by atoms with Crippen molar-refractivity contribution in [3.63, 3.8) is 0 Å². The summed E-state index contributed by atoms with van der Waals surface area (Å²) in [6.07, 6.45) is 0.954. The van der Waals surface area contributed by atoms with E-state index >= 15 is 0 Å². The topological polar surface area (TPSA) is 127 Å². The van der Waals surface area contributed by atoms with E-state index in [0.717, 1.165) is 24.0 Å². The molecule has 2 heterocycles. The van der Waals surface area contributed by atoms with Crippen LogP contribution in [0.25, 0.3) is 11.3 Å². The van der Waals surface area contributed by atoms with Gasteiger partial charge in [-0.25, -0.2) is 9.78 Å². The van der Waals surface area contributed by atoms with Crippen molar-refractivity contribution in [3.8, 4) is 11.3 Å². The van der Waals surface area contributed by atoms with E-state index in [4.69, 9.17) is 13.8 Å². The highest BCUT2D eigenvalue weighted by atomic mass is 31.2. The first-order valence-corrected chi connectivity index (χ1v) is 16.8. The monoisotopic (exact) mass is 616 g/mol. The van der Waals surface area contributed by atoms with Crippen molar-refractivity contribution in [1.82, 2.24) is 20.1 Å². The fourth-order valence-corrected chi connectivity index (χ4v) is 6.43. The molecule has 0 saturated carbocycles. The van der Waals surface area contributed by atoms with Crippen LogP contribution < -0.4 is 5.32 Å². The minimum absolute atomic E-state index is 0.114. The Kier molecular flexibility index (Phi) is 13.2. The summed E-state index contributed by atoms with van der Waals surface area (Å²) in [5.41, 5.74) is 2.55. The van der Waals surface area contributed by atoms with Gasteiger partial charge in [0.2, 0.25) is 5.91 Å². The van der Waals surface area contributed by atoms with E-state index < -0.39 is 31.5 Å². The second-order valence-electron chi connectivity index (χ2n) is 10.6. The van der Waals surface area contributed by atoms with Gasteiger partial charge in [0, 0.05) is 31.7 Å². The van der Waals surface area contributed by atoms with Gasteiger partial charge in [-0.2, -0.15) is 0 Å². The number of nitrogens with one attached hydrogen (secondary N) is 1. The molecule has 1 aliphatic rings. The van der Waals surface area contributed by atoms with Gasteiger partial charge < -0.3 is 28.9 Å². The van der Waals surface area contributed by atoms with E-state index in [-0.39, 0.29) is 57.2 Å². The zero-order valence-corrected chi connectivity index (χ0v) is 26.8. The summed E-state index contributed by atoms with van der Waals surface area (Å²) in [5, 5.41) is 2.79. The Balaban J connectivity index is 1.85. The summed E-state index contributed by atoms with van der Waals surface area (Å²) < 4.78 is 29.8. The Morgan fingerprint density at radius 2 is 1.58 bits per heavy atom. The number of piperazine rings is 1. The average molecular weight is 617 g/mol. The molecule has 2 aromatic rings. The lowest BCUT2D eigenvalue weighted by molar-refractivity contribution is -0.134. The molecule has 1 aromatic carbocycles. The zero-order chi connectivity index (χ0) is 31.4. The van der Waals surface area contributed by atoms with Crippen molar-refractivity contribution < 1.29 is 32.7 Å². The molecule has 0 aliphatic carbocycles. The van der Waals surface area contributed by atoms with E-state index in [1.54, 1.807) is 29.7 Å². The lowest BCUT2D eigenvalue weighted by atomic mass is 10.00. The minimum atomic E-state index is -3.72. The van der Waals surface area contributed by atoms with Crippen molar-refractivity contribution in [2.45, 2.75) is 59.4 Å². The standard InChI is InChI=1S/C31H45N4O7P/c1-6-9-19-40-31(38)35-17-15-34(16-18-35)30(37)28(22-43(39,41-7-2)42-8-3)33-29(36)27-21-25(23(4)5)20-26(32-27)24-13-11-10-12-14-24/h10-14,20-21,23,28H,6-9,15-19,22H2,1-5H3,(H,33,36). The smallest absolute Gasteiger partial charge is 0.409 e. The highest BCUT2D eigenvalue weighted by Crippen LogP contribution is 2.48. The Morgan fingerprint density at radius 3 is 2.16 bits per heavy atom. The van der Waals surface area contributed by atoms with E-state index in [2.05, 4.69) is 10.3 Å². The Bertz CT molecular complexity index is 1260. The third kappa shape index (κ3) is 9.88. The number of pyridine rings is 1. The van der Waals surface area contributed by atoms with Gasteiger partial charge in [0.05, 0.1) is 31.7 Å². The number of aromatic nitrogens is 1. The maximum atomic E-state index is 13.8. The number of ether oxygens (including phenoxy) is 1. The lowest BCUT2D eigenvalue weighted by Crippen LogP contribution is -2.57. The molecule has 1 N–H and O–H groups in total. The van der Waals surface area contributed by atoms with Crippen LogP contribution in [-0.4, -0.2) is 90.9 Å². The first-order chi connectivity index (χ1) is 20.6. The van der Waals surface area contributed by atoms with Crippen LogP contribution >= 0.6 is 7.60 Å². The number of benzene rings is 1. The molecule has 0 spiro atoms. The van der Waals surface area contributed by atoms with Gasteiger partial charge in [0.15, 0.2) is 0 Å². The molecule has 1 aromatic heterocycles. The summed E-state index contributed by atoms with van der Waals surface area (Å²) in [4.78, 5) is 47.6. The van der Waals surface area contributed by atoms with Crippen LogP contribution in [0.15, 0.2) is 42.5 Å². The van der Waals surface area contributed by atoms with Gasteiger partial charge in [-0.05, 0) is 43.9 Å². The Morgan fingerprint density at radius 1 is 0.953 bits per heavy atom. The highest BCUT2D eigenvalue weighted by molar-refractivity contribution is 7.54. The highest BCUT2D eigenvalue weighted by Gasteiger charge is 2.37. The van der Waals surface area contributed by atoms with Gasteiger partial charge in [-0.15, -0.1) is 0 Å². The molecule has 11 nitrogen and oxygen atoms in total. The summed E-state index contributed by atoms with van der Waals surface area (Å²) >= 11 is 0. The summed E-state index contributed by atoms with van der Waals surface area (Å²) in [6.45, 7) is 11.1. The number of hydrogen-bond acceptors (Lipinski definition) is 8. The fraction of sp³-hybridized carbons (Fsp3) is 0.548. The summed E-state index contributed by atoms with van der Waals surface area (Å²) in [7, 11) is -3.72. The van der Waals surface area contributed by atoms with E-state index in [9.17, 15) is 18.9 Å². The Hall–Kier alpha value is -3.27. The minimum Gasteiger partial charge on any atom is -0.449 e. The number of rotatable bonds is 14. The lowest BCUT2D eigenvalue weighted by Gasteiger charge is -2.36. The van der Waals surface area contributed by atoms with Crippen molar-refractivity contribution >= 4 is 25.5 Å². The molecule has 1 fully saturated rings. The normalized spacial score (nSPS) is 14.5. The average Bonchev–Trinajstić information content (AvgIpc) is 3.00. The molecule has 1 aliphatic heterocycles. The molecule has 1 atom stereocenters. The van der Waals surface area contributed by atoms with Gasteiger partial charge in [-0.3, -0.25) is 14.2 Å². The zero-order valence-electron chi connectivity index (χ0n) is 25.9. The molecule has 236 valence electrons. The van der Waals surface area contributed by atoms with Crippen molar-refractivity contribution in [3.05, 3.63) is 53.7 Å². The molecule has 0 bridgehead atoms. The molecule has 3 rings (SSSR count). The molecule has 0 radical (unpaired) electrons. The van der Waals surface area contributed by atoms with Crippen molar-refractivity contribution in [1.29, 1.82) is 0 Å². The van der Waals surface area contributed by atoms with Crippen LogP contribution in [0.2, 0.25) is 0 Å². The fourth-order valence-electron chi connectivity index (χ4n) is 4.66. The number of nitrogens with zero attached hydrogens (tertiary/aromatic N) is 3. The number of hydrogen-bond donors (Lipinski definition) is 1. The quantitative estimate of drug-likeness (QED) is 0.223. The van der Waals surface area contributed by atoms with Crippen molar-refractivity contribution in [2.24, 2.45) is 0 Å². The third-order valence-electron chi connectivity index (χ3n) is 7.05. The van der Waals surface area contributed by atoms with Gasteiger partial charge in [-0.1, -0.05) is 57.5 Å². The van der Waals surface area contributed by atoms with Crippen LogP contribution in [0.5, 0.6) is 0 Å². The molecule has 1 saturated heterocycles. The van der Waals surface area contributed by atoms with E-state index in [1.165, 1.54) is 0 Å². The summed E-state index contributed by atoms with van der Waals surface area (Å²) in [5.74, 6) is -0.887. The van der Waals surface area contributed by atoms with E-state index in [1.807, 2.05) is 57.2 Å². The number of unbranched alkanes of at least 4 members (excludes halogenated alkanes) is 1. The molecule has 43 heavy (non-hydrogen) atoms.